The molecule has 0 heterocycles. The lowest BCUT2D eigenvalue weighted by Gasteiger charge is -2.19. The highest BCUT2D eigenvalue weighted by Crippen LogP contribution is 2.28. The number of hydrogen-bond acceptors (Lipinski definition) is 1. The van der Waals surface area contributed by atoms with Crippen molar-refractivity contribution in [3.63, 3.8) is 0 Å². The van der Waals surface area contributed by atoms with Crippen LogP contribution < -0.4 is 5.32 Å². The van der Waals surface area contributed by atoms with Gasteiger partial charge in [-0.25, -0.2) is 0 Å². The lowest BCUT2D eigenvalue weighted by molar-refractivity contribution is 0.389. The fourth-order valence-corrected chi connectivity index (χ4v) is 2.91. The molecule has 1 saturated carbocycles. The van der Waals surface area contributed by atoms with Crippen molar-refractivity contribution in [2.45, 2.75) is 45.2 Å². The van der Waals surface area contributed by atoms with Gasteiger partial charge in [0.15, 0.2) is 0 Å². The molecule has 0 amide bonds. The van der Waals surface area contributed by atoms with Crippen molar-refractivity contribution in [1.82, 2.24) is 5.32 Å². The molecular weight excluding hydrogens is 262 g/mol. The Balaban J connectivity index is 1.85. The highest BCUT2D eigenvalue weighted by atomic mass is 79.9. The molecule has 0 aromatic heterocycles. The van der Waals surface area contributed by atoms with E-state index in [0.717, 1.165) is 23.0 Å². The number of benzene rings is 1. The van der Waals surface area contributed by atoms with Crippen molar-refractivity contribution in [3.8, 4) is 0 Å². The van der Waals surface area contributed by atoms with Gasteiger partial charge < -0.3 is 5.32 Å². The maximum Gasteiger partial charge on any atom is 0.0208 e. The van der Waals surface area contributed by atoms with Crippen LogP contribution in [-0.4, -0.2) is 6.04 Å². The van der Waals surface area contributed by atoms with Gasteiger partial charge in [0.2, 0.25) is 0 Å². The van der Waals surface area contributed by atoms with Gasteiger partial charge in [-0.1, -0.05) is 47.8 Å². The third-order valence-corrected chi connectivity index (χ3v) is 4.19. The standard InChI is InChI=1S/C14H20BrN/c1-2-12-4-3-5-14(12)16-10-11-6-8-13(15)9-7-11/h6-9,12,14,16H,2-5,10H2,1H3. The summed E-state index contributed by atoms with van der Waals surface area (Å²) in [6.07, 6.45) is 5.48. The first-order valence-electron chi connectivity index (χ1n) is 6.27. The molecule has 2 unspecified atom stereocenters. The predicted octanol–water partition coefficient (Wildman–Crippen LogP) is 4.12. The molecule has 1 aliphatic carbocycles. The van der Waals surface area contributed by atoms with E-state index < -0.39 is 0 Å². The number of rotatable bonds is 4. The Hall–Kier alpha value is -0.340. The summed E-state index contributed by atoms with van der Waals surface area (Å²) < 4.78 is 1.16. The molecule has 1 aromatic carbocycles. The molecule has 0 bridgehead atoms. The zero-order chi connectivity index (χ0) is 11.4. The van der Waals surface area contributed by atoms with E-state index >= 15 is 0 Å². The SMILES string of the molecule is CCC1CCCC1NCc1ccc(Br)cc1. The molecule has 16 heavy (non-hydrogen) atoms. The minimum atomic E-state index is 0.744. The van der Waals surface area contributed by atoms with Gasteiger partial charge in [0.1, 0.15) is 0 Å². The van der Waals surface area contributed by atoms with E-state index in [1.807, 2.05) is 0 Å². The van der Waals surface area contributed by atoms with Gasteiger partial charge >= 0.3 is 0 Å². The van der Waals surface area contributed by atoms with Crippen LogP contribution in [0, 0.1) is 5.92 Å². The van der Waals surface area contributed by atoms with Crippen molar-refractivity contribution >= 4 is 15.9 Å². The number of nitrogens with one attached hydrogen (secondary N) is 1. The van der Waals surface area contributed by atoms with Crippen LogP contribution in [0.1, 0.15) is 38.2 Å². The van der Waals surface area contributed by atoms with Gasteiger partial charge in [-0.3, -0.25) is 0 Å². The van der Waals surface area contributed by atoms with Crippen LogP contribution in [0.5, 0.6) is 0 Å². The van der Waals surface area contributed by atoms with Crippen LogP contribution in [0.25, 0.3) is 0 Å². The molecule has 1 fully saturated rings. The number of halogens is 1. The van der Waals surface area contributed by atoms with Gasteiger partial charge in [0, 0.05) is 17.1 Å². The summed E-state index contributed by atoms with van der Waals surface area (Å²) in [5, 5.41) is 3.70. The lowest BCUT2D eigenvalue weighted by Crippen LogP contribution is -2.31. The van der Waals surface area contributed by atoms with Crippen LogP contribution in [0.2, 0.25) is 0 Å². The molecule has 1 aromatic rings. The van der Waals surface area contributed by atoms with Crippen molar-refractivity contribution in [2.75, 3.05) is 0 Å². The highest BCUT2D eigenvalue weighted by Gasteiger charge is 2.24. The quantitative estimate of drug-likeness (QED) is 0.876. The molecule has 2 rings (SSSR count). The van der Waals surface area contributed by atoms with E-state index in [0.29, 0.717) is 0 Å². The first-order valence-corrected chi connectivity index (χ1v) is 7.06. The van der Waals surface area contributed by atoms with Gasteiger partial charge in [0.25, 0.3) is 0 Å². The zero-order valence-electron chi connectivity index (χ0n) is 9.88. The maximum atomic E-state index is 3.70. The molecule has 2 atom stereocenters. The Morgan fingerprint density at radius 3 is 2.69 bits per heavy atom. The van der Waals surface area contributed by atoms with Gasteiger partial charge in [-0.05, 0) is 36.5 Å². The zero-order valence-corrected chi connectivity index (χ0v) is 11.5. The molecule has 1 nitrogen and oxygen atoms in total. The van der Waals surface area contributed by atoms with E-state index in [4.69, 9.17) is 0 Å². The third kappa shape index (κ3) is 3.08. The van der Waals surface area contributed by atoms with Gasteiger partial charge in [0.05, 0.1) is 0 Å². The molecule has 0 spiro atoms. The van der Waals surface area contributed by atoms with Crippen LogP contribution in [0.15, 0.2) is 28.7 Å². The Morgan fingerprint density at radius 2 is 2.00 bits per heavy atom. The number of hydrogen-bond donors (Lipinski definition) is 1. The van der Waals surface area contributed by atoms with Crippen molar-refractivity contribution in [2.24, 2.45) is 5.92 Å². The van der Waals surface area contributed by atoms with Crippen molar-refractivity contribution in [3.05, 3.63) is 34.3 Å². The van der Waals surface area contributed by atoms with Crippen LogP contribution in [-0.2, 0) is 6.54 Å². The van der Waals surface area contributed by atoms with Gasteiger partial charge in [-0.15, -0.1) is 0 Å². The van der Waals surface area contributed by atoms with Crippen molar-refractivity contribution in [1.29, 1.82) is 0 Å². The highest BCUT2D eigenvalue weighted by molar-refractivity contribution is 9.10. The second-order valence-electron chi connectivity index (χ2n) is 4.71. The van der Waals surface area contributed by atoms with Crippen molar-refractivity contribution < 1.29 is 0 Å². The summed E-state index contributed by atoms with van der Waals surface area (Å²) in [5.41, 5.74) is 1.38. The van der Waals surface area contributed by atoms with E-state index in [9.17, 15) is 0 Å². The average Bonchev–Trinajstić information content (AvgIpc) is 2.76. The van der Waals surface area contributed by atoms with Crippen LogP contribution in [0.4, 0.5) is 0 Å². The smallest absolute Gasteiger partial charge is 0.0208 e. The predicted molar refractivity (Wildman–Crippen MR) is 72.4 cm³/mol. The molecule has 0 saturated heterocycles. The molecule has 88 valence electrons. The molecule has 1 aliphatic rings. The topological polar surface area (TPSA) is 12.0 Å². The average molecular weight is 282 g/mol. The first-order chi connectivity index (χ1) is 7.79. The Bertz CT molecular complexity index is 320. The maximum absolute atomic E-state index is 3.70. The second-order valence-corrected chi connectivity index (χ2v) is 5.63. The minimum Gasteiger partial charge on any atom is -0.310 e. The molecule has 0 radical (unpaired) electrons. The molecule has 2 heteroatoms. The molecule has 1 N–H and O–H groups in total. The fraction of sp³-hybridized carbons (Fsp3) is 0.571. The molecule has 0 aliphatic heterocycles. The monoisotopic (exact) mass is 281 g/mol. The summed E-state index contributed by atoms with van der Waals surface area (Å²) in [6.45, 7) is 3.32. The summed E-state index contributed by atoms with van der Waals surface area (Å²) in [4.78, 5) is 0. The van der Waals surface area contributed by atoms with E-state index in [1.54, 1.807) is 0 Å². The Morgan fingerprint density at radius 1 is 1.25 bits per heavy atom. The first kappa shape index (κ1) is 12.1. The van der Waals surface area contributed by atoms with E-state index in [2.05, 4.69) is 52.4 Å². The Kier molecular flexibility index (Phi) is 4.42. The second kappa shape index (κ2) is 5.83. The normalized spacial score (nSPS) is 24.9. The van der Waals surface area contributed by atoms with Crippen LogP contribution >= 0.6 is 15.9 Å². The Labute approximate surface area is 107 Å². The summed E-state index contributed by atoms with van der Waals surface area (Å²) >= 11 is 3.46. The summed E-state index contributed by atoms with van der Waals surface area (Å²) in [6, 6.07) is 9.35. The van der Waals surface area contributed by atoms with Crippen LogP contribution in [0.3, 0.4) is 0 Å². The summed E-state index contributed by atoms with van der Waals surface area (Å²) in [5.74, 6) is 0.899. The fourth-order valence-electron chi connectivity index (χ4n) is 2.65. The van der Waals surface area contributed by atoms with Gasteiger partial charge in [-0.2, -0.15) is 0 Å². The third-order valence-electron chi connectivity index (χ3n) is 3.67. The summed E-state index contributed by atoms with van der Waals surface area (Å²) in [7, 11) is 0. The van der Waals surface area contributed by atoms with E-state index in [1.165, 1.54) is 31.2 Å². The largest absolute Gasteiger partial charge is 0.310 e. The molecular formula is C14H20BrN. The van der Waals surface area contributed by atoms with E-state index in [-0.39, 0.29) is 0 Å². The minimum absolute atomic E-state index is 0.744. The lowest BCUT2D eigenvalue weighted by atomic mass is 10.0.